The van der Waals surface area contributed by atoms with Crippen LogP contribution in [0.25, 0.3) is 10.8 Å². The van der Waals surface area contributed by atoms with E-state index in [-0.39, 0.29) is 11.8 Å². The average Bonchev–Trinajstić information content (AvgIpc) is 2.83. The summed E-state index contributed by atoms with van der Waals surface area (Å²) < 4.78 is 5.34. The molecule has 0 spiro atoms. The molecule has 206 valence electrons. The van der Waals surface area contributed by atoms with Crippen LogP contribution in [0.2, 0.25) is 0 Å². The maximum absolute atomic E-state index is 14.0. The predicted octanol–water partition coefficient (Wildman–Crippen LogP) is 5.83. The largest absolute Gasteiger partial charge is 0.507 e. The Morgan fingerprint density at radius 3 is 2.33 bits per heavy atom. The van der Waals surface area contributed by atoms with Gasteiger partial charge in [0.2, 0.25) is 5.91 Å². The van der Waals surface area contributed by atoms with E-state index in [1.807, 2.05) is 42.5 Å². The molecule has 0 radical (unpaired) electrons. The minimum absolute atomic E-state index is 0.0407. The molecule has 2 atom stereocenters. The molecule has 3 aromatic carbocycles. The Labute approximate surface area is 229 Å². The van der Waals surface area contributed by atoms with Crippen LogP contribution in [0.15, 0.2) is 60.7 Å². The molecule has 0 saturated heterocycles. The van der Waals surface area contributed by atoms with Crippen LogP contribution in [0, 0.1) is 6.92 Å². The number of carbonyl (C=O) groups is 3. The summed E-state index contributed by atoms with van der Waals surface area (Å²) in [6.07, 6.45) is 1.64. The topological polar surface area (TPSA) is 108 Å². The van der Waals surface area contributed by atoms with Crippen LogP contribution in [0.4, 0.5) is 10.5 Å². The number of rotatable bonds is 7. The second-order valence-electron chi connectivity index (χ2n) is 11.2. The lowest BCUT2D eigenvalue weighted by Gasteiger charge is -2.43. The SMILES string of the molecule is Cc1cccc(C(C(=O)Nc2ccc3ccccc3c2)N(C(=O)C(C)NC(=O)OC(C)(C)C)C2CCC2)c1O. The molecule has 3 N–H and O–H groups in total. The van der Waals surface area contributed by atoms with Crippen LogP contribution in [-0.2, 0) is 14.3 Å². The highest BCUT2D eigenvalue weighted by Crippen LogP contribution is 2.38. The first-order valence-electron chi connectivity index (χ1n) is 13.3. The zero-order valence-corrected chi connectivity index (χ0v) is 23.2. The number of hydrogen-bond acceptors (Lipinski definition) is 5. The Morgan fingerprint density at radius 1 is 1.00 bits per heavy atom. The Balaban J connectivity index is 1.70. The maximum Gasteiger partial charge on any atom is 0.408 e. The fourth-order valence-corrected chi connectivity index (χ4v) is 4.75. The van der Waals surface area contributed by atoms with E-state index >= 15 is 0 Å². The van der Waals surface area contributed by atoms with Crippen molar-refractivity contribution in [1.82, 2.24) is 10.2 Å². The third-order valence-electron chi connectivity index (χ3n) is 6.93. The van der Waals surface area contributed by atoms with Crippen LogP contribution < -0.4 is 10.6 Å². The highest BCUT2D eigenvalue weighted by molar-refractivity contribution is 6.01. The lowest BCUT2D eigenvalue weighted by molar-refractivity contribution is -0.145. The van der Waals surface area contributed by atoms with Crippen molar-refractivity contribution in [3.63, 3.8) is 0 Å². The van der Waals surface area contributed by atoms with Gasteiger partial charge in [-0.1, -0.05) is 48.5 Å². The molecule has 8 nitrogen and oxygen atoms in total. The number of ether oxygens (including phenoxy) is 1. The Hall–Kier alpha value is -4.07. The zero-order chi connectivity index (χ0) is 28.3. The molecule has 0 aliphatic heterocycles. The first-order chi connectivity index (χ1) is 18.4. The minimum atomic E-state index is -1.11. The van der Waals surface area contributed by atoms with Crippen LogP contribution in [0.5, 0.6) is 5.75 Å². The van der Waals surface area contributed by atoms with Gasteiger partial charge in [-0.2, -0.15) is 0 Å². The third-order valence-corrected chi connectivity index (χ3v) is 6.93. The van der Waals surface area contributed by atoms with Gasteiger partial charge in [-0.05, 0) is 82.3 Å². The Bertz CT molecular complexity index is 1380. The standard InChI is InChI=1S/C31H37N3O5/c1-19-10-8-15-25(27(19)35)26(28(36)33-23-17-16-21-11-6-7-12-22(21)18-23)34(24-13-9-14-24)29(37)20(2)32-30(38)39-31(3,4)5/h6-8,10-12,15-18,20,24,26,35H,9,13-14H2,1-5H3,(H,32,38)(H,33,36). The van der Waals surface area contributed by atoms with Gasteiger partial charge < -0.3 is 25.4 Å². The van der Waals surface area contributed by atoms with Crippen molar-refractivity contribution in [3.05, 3.63) is 71.8 Å². The van der Waals surface area contributed by atoms with E-state index in [2.05, 4.69) is 10.6 Å². The van der Waals surface area contributed by atoms with E-state index < -0.39 is 35.6 Å². The number of hydrogen-bond donors (Lipinski definition) is 3. The number of nitrogens with zero attached hydrogens (tertiary/aromatic N) is 1. The number of aromatic hydroxyl groups is 1. The number of carbonyl (C=O) groups excluding carboxylic acids is 3. The van der Waals surface area contributed by atoms with Gasteiger partial charge in [0.25, 0.3) is 5.91 Å². The minimum Gasteiger partial charge on any atom is -0.507 e. The summed E-state index contributed by atoms with van der Waals surface area (Å²) >= 11 is 0. The second kappa shape index (κ2) is 11.4. The maximum atomic E-state index is 14.0. The monoisotopic (exact) mass is 531 g/mol. The molecule has 4 rings (SSSR count). The fraction of sp³-hybridized carbons (Fsp3) is 0.387. The lowest BCUT2D eigenvalue weighted by atomic mass is 9.87. The molecule has 2 unspecified atom stereocenters. The highest BCUT2D eigenvalue weighted by Gasteiger charge is 2.42. The highest BCUT2D eigenvalue weighted by atomic mass is 16.6. The molecule has 1 aliphatic rings. The van der Waals surface area contributed by atoms with Gasteiger partial charge in [0.15, 0.2) is 0 Å². The summed E-state index contributed by atoms with van der Waals surface area (Å²) in [4.78, 5) is 41.9. The molecule has 0 bridgehead atoms. The van der Waals surface area contributed by atoms with Gasteiger partial charge in [-0.25, -0.2) is 4.79 Å². The van der Waals surface area contributed by atoms with Crippen molar-refractivity contribution in [3.8, 4) is 5.75 Å². The van der Waals surface area contributed by atoms with Crippen LogP contribution in [0.1, 0.15) is 64.1 Å². The normalized spacial score (nSPS) is 15.1. The number of alkyl carbamates (subject to hydrolysis) is 1. The van der Waals surface area contributed by atoms with Crippen LogP contribution in [-0.4, -0.2) is 45.6 Å². The first kappa shape index (κ1) is 28.0. The number of fused-ring (bicyclic) bond motifs is 1. The average molecular weight is 532 g/mol. The molecule has 1 fully saturated rings. The first-order valence-corrected chi connectivity index (χ1v) is 13.3. The molecule has 3 amide bonds. The van der Waals surface area contributed by atoms with Crippen molar-refractivity contribution in [2.24, 2.45) is 0 Å². The summed E-state index contributed by atoms with van der Waals surface area (Å²) in [5.41, 5.74) is 0.780. The van der Waals surface area contributed by atoms with Gasteiger partial charge in [0, 0.05) is 17.3 Å². The van der Waals surface area contributed by atoms with Gasteiger partial charge in [0.05, 0.1) is 0 Å². The molecular formula is C31H37N3O5. The van der Waals surface area contributed by atoms with E-state index in [9.17, 15) is 19.5 Å². The fourth-order valence-electron chi connectivity index (χ4n) is 4.75. The van der Waals surface area contributed by atoms with E-state index in [4.69, 9.17) is 4.74 Å². The summed E-state index contributed by atoms with van der Waals surface area (Å²) in [5, 5.41) is 18.6. The van der Waals surface area contributed by atoms with E-state index in [0.29, 0.717) is 16.8 Å². The summed E-state index contributed by atoms with van der Waals surface area (Å²) in [6, 6.07) is 16.3. The van der Waals surface area contributed by atoms with Gasteiger partial charge in [0.1, 0.15) is 23.4 Å². The van der Waals surface area contributed by atoms with Crippen molar-refractivity contribution < 1.29 is 24.2 Å². The van der Waals surface area contributed by atoms with Crippen molar-refractivity contribution in [2.45, 2.75) is 77.6 Å². The van der Waals surface area contributed by atoms with Crippen LogP contribution >= 0.6 is 0 Å². The number of phenols is 1. The number of benzene rings is 3. The summed E-state index contributed by atoms with van der Waals surface area (Å²) in [5.74, 6) is -0.915. The van der Waals surface area contributed by atoms with Crippen molar-refractivity contribution >= 4 is 34.4 Å². The number of nitrogens with one attached hydrogen (secondary N) is 2. The van der Waals surface area contributed by atoms with Gasteiger partial charge >= 0.3 is 6.09 Å². The van der Waals surface area contributed by atoms with E-state index in [1.54, 1.807) is 52.8 Å². The van der Waals surface area contributed by atoms with Crippen molar-refractivity contribution in [2.75, 3.05) is 5.32 Å². The molecule has 0 aromatic heterocycles. The number of amides is 3. The molecule has 1 saturated carbocycles. The smallest absolute Gasteiger partial charge is 0.408 e. The van der Waals surface area contributed by atoms with Gasteiger partial charge in [-0.3, -0.25) is 9.59 Å². The molecule has 1 aliphatic carbocycles. The molecular weight excluding hydrogens is 494 g/mol. The third kappa shape index (κ3) is 6.50. The molecule has 0 heterocycles. The zero-order valence-electron chi connectivity index (χ0n) is 23.2. The molecule has 8 heteroatoms. The number of anilines is 1. The van der Waals surface area contributed by atoms with E-state index in [1.165, 1.54) is 4.90 Å². The van der Waals surface area contributed by atoms with Gasteiger partial charge in [-0.15, -0.1) is 0 Å². The Morgan fingerprint density at radius 2 is 1.69 bits per heavy atom. The summed E-state index contributed by atoms with van der Waals surface area (Å²) in [7, 11) is 0. The number of aryl methyl sites for hydroxylation is 1. The second-order valence-corrected chi connectivity index (χ2v) is 11.2. The Kier molecular flexibility index (Phi) is 8.14. The van der Waals surface area contributed by atoms with E-state index in [0.717, 1.165) is 30.0 Å². The molecule has 3 aromatic rings. The van der Waals surface area contributed by atoms with Crippen LogP contribution in [0.3, 0.4) is 0 Å². The van der Waals surface area contributed by atoms with Crippen molar-refractivity contribution in [1.29, 1.82) is 0 Å². The number of para-hydroxylation sites is 1. The summed E-state index contributed by atoms with van der Waals surface area (Å²) in [6.45, 7) is 8.56. The predicted molar refractivity (Wildman–Crippen MR) is 151 cm³/mol. The molecule has 39 heavy (non-hydrogen) atoms. The lowest BCUT2D eigenvalue weighted by Crippen LogP contribution is -2.56. The quantitative estimate of drug-likeness (QED) is 0.356. The number of phenolic OH excluding ortho intramolecular Hbond substituents is 1.